The minimum absolute atomic E-state index is 0.0491. The Morgan fingerprint density at radius 1 is 1.00 bits per heavy atom. The molecule has 0 aliphatic heterocycles. The van der Waals surface area contributed by atoms with Crippen LogP contribution in [0.25, 0.3) is 0 Å². The number of halogens is 1. The molecule has 0 atom stereocenters. The van der Waals surface area contributed by atoms with Crippen molar-refractivity contribution in [2.45, 2.75) is 13.3 Å². The number of nitrogens with one attached hydrogen (secondary N) is 3. The van der Waals surface area contributed by atoms with Crippen molar-refractivity contribution in [1.82, 2.24) is 5.32 Å². The lowest BCUT2D eigenvalue weighted by atomic mass is 10.2. The summed E-state index contributed by atoms with van der Waals surface area (Å²) in [6.07, 6.45) is 0.422. The van der Waals surface area contributed by atoms with Gasteiger partial charge in [0.15, 0.2) is 5.11 Å². The minimum atomic E-state index is -0.299. The van der Waals surface area contributed by atoms with Crippen LogP contribution in [-0.2, 0) is 4.79 Å². The van der Waals surface area contributed by atoms with Gasteiger partial charge >= 0.3 is 0 Å². The Bertz CT molecular complexity index is 763. The van der Waals surface area contributed by atoms with Crippen molar-refractivity contribution in [1.29, 1.82) is 0 Å². The number of hydrogen-bond donors (Lipinski definition) is 3. The van der Waals surface area contributed by atoms with Gasteiger partial charge in [-0.05, 0) is 64.5 Å². The van der Waals surface area contributed by atoms with Gasteiger partial charge in [0.2, 0.25) is 5.91 Å². The highest BCUT2D eigenvalue weighted by Crippen LogP contribution is 2.16. The summed E-state index contributed by atoms with van der Waals surface area (Å²) >= 11 is 8.48. The molecule has 24 heavy (non-hydrogen) atoms. The van der Waals surface area contributed by atoms with E-state index in [-0.39, 0.29) is 16.9 Å². The number of thiocarbonyl (C=S) groups is 1. The highest BCUT2D eigenvalue weighted by atomic mass is 79.9. The molecule has 2 aromatic carbocycles. The van der Waals surface area contributed by atoms with Gasteiger partial charge in [-0.3, -0.25) is 14.9 Å². The molecule has 124 valence electrons. The fraction of sp³-hybridized carbons (Fsp3) is 0.118. The van der Waals surface area contributed by atoms with Gasteiger partial charge in [0.05, 0.1) is 5.56 Å². The standard InChI is InChI=1S/C17H16BrN3O2S/c1-2-15(22)19-11-7-9-12(10-8-11)20-17(24)21-16(23)13-5-3-4-6-14(13)18/h3-10H,2H2,1H3,(H,19,22)(H2,20,21,23,24). The normalized spacial score (nSPS) is 9.92. The van der Waals surface area contributed by atoms with Crippen LogP contribution in [0.15, 0.2) is 53.0 Å². The summed E-state index contributed by atoms with van der Waals surface area (Å²) in [5.41, 5.74) is 1.91. The van der Waals surface area contributed by atoms with Crippen LogP contribution in [-0.4, -0.2) is 16.9 Å². The molecule has 0 spiro atoms. The van der Waals surface area contributed by atoms with E-state index in [2.05, 4.69) is 31.9 Å². The first-order valence-electron chi connectivity index (χ1n) is 7.26. The summed E-state index contributed by atoms with van der Waals surface area (Å²) in [7, 11) is 0. The summed E-state index contributed by atoms with van der Waals surface area (Å²) in [6, 6.07) is 14.1. The Morgan fingerprint density at radius 2 is 1.58 bits per heavy atom. The third kappa shape index (κ3) is 5.14. The Kier molecular flexibility index (Phi) is 6.45. The number of hydrogen-bond acceptors (Lipinski definition) is 3. The fourth-order valence-electron chi connectivity index (χ4n) is 1.86. The van der Waals surface area contributed by atoms with E-state index in [0.717, 1.165) is 0 Å². The summed E-state index contributed by atoms with van der Waals surface area (Å²) in [6.45, 7) is 1.79. The zero-order chi connectivity index (χ0) is 17.5. The molecule has 0 aromatic heterocycles. The second-order valence-corrected chi connectivity index (χ2v) is 6.13. The second kappa shape index (κ2) is 8.56. The molecule has 0 aliphatic carbocycles. The molecule has 2 rings (SSSR count). The van der Waals surface area contributed by atoms with E-state index < -0.39 is 0 Å². The fourth-order valence-corrected chi connectivity index (χ4v) is 2.54. The van der Waals surface area contributed by atoms with Gasteiger partial charge < -0.3 is 10.6 Å². The maximum atomic E-state index is 12.2. The molecule has 0 radical (unpaired) electrons. The van der Waals surface area contributed by atoms with Gasteiger partial charge in [0.25, 0.3) is 5.91 Å². The predicted molar refractivity (Wildman–Crippen MR) is 103 cm³/mol. The van der Waals surface area contributed by atoms with Crippen LogP contribution < -0.4 is 16.0 Å². The zero-order valence-electron chi connectivity index (χ0n) is 12.9. The SMILES string of the molecule is CCC(=O)Nc1ccc(NC(=S)NC(=O)c2ccccc2Br)cc1. The van der Waals surface area contributed by atoms with Crippen molar-refractivity contribution in [2.75, 3.05) is 10.6 Å². The van der Waals surface area contributed by atoms with Crippen LogP contribution >= 0.6 is 28.1 Å². The van der Waals surface area contributed by atoms with E-state index in [9.17, 15) is 9.59 Å². The average molecular weight is 406 g/mol. The number of carbonyl (C=O) groups is 2. The van der Waals surface area contributed by atoms with Crippen molar-refractivity contribution in [3.63, 3.8) is 0 Å². The lowest BCUT2D eigenvalue weighted by Gasteiger charge is -2.11. The number of benzene rings is 2. The van der Waals surface area contributed by atoms with E-state index in [0.29, 0.717) is 27.8 Å². The molecule has 5 nitrogen and oxygen atoms in total. The third-order valence-corrected chi connectivity index (χ3v) is 3.99. The predicted octanol–water partition coefficient (Wildman–Crippen LogP) is 3.92. The lowest BCUT2D eigenvalue weighted by molar-refractivity contribution is -0.115. The van der Waals surface area contributed by atoms with E-state index in [1.165, 1.54) is 0 Å². The molecule has 0 saturated heterocycles. The van der Waals surface area contributed by atoms with Crippen molar-refractivity contribution >= 4 is 56.4 Å². The topological polar surface area (TPSA) is 70.2 Å². The quantitative estimate of drug-likeness (QED) is 0.674. The lowest BCUT2D eigenvalue weighted by Crippen LogP contribution is -2.34. The summed E-state index contributed by atoms with van der Waals surface area (Å²) in [4.78, 5) is 23.5. The van der Waals surface area contributed by atoms with Gasteiger partial charge in [-0.1, -0.05) is 19.1 Å². The van der Waals surface area contributed by atoms with Crippen LogP contribution in [0.4, 0.5) is 11.4 Å². The average Bonchev–Trinajstić information content (AvgIpc) is 2.56. The molecule has 0 unspecified atom stereocenters. The van der Waals surface area contributed by atoms with Crippen LogP contribution in [0, 0.1) is 0 Å². The second-order valence-electron chi connectivity index (χ2n) is 4.87. The number of anilines is 2. The zero-order valence-corrected chi connectivity index (χ0v) is 15.3. The minimum Gasteiger partial charge on any atom is -0.332 e. The van der Waals surface area contributed by atoms with E-state index >= 15 is 0 Å². The smallest absolute Gasteiger partial charge is 0.258 e. The van der Waals surface area contributed by atoms with Crippen LogP contribution in [0.5, 0.6) is 0 Å². The largest absolute Gasteiger partial charge is 0.332 e. The van der Waals surface area contributed by atoms with Crippen molar-refractivity contribution < 1.29 is 9.59 Å². The molecule has 0 saturated carbocycles. The molecule has 2 amide bonds. The molecular weight excluding hydrogens is 390 g/mol. The maximum absolute atomic E-state index is 12.2. The van der Waals surface area contributed by atoms with Crippen LogP contribution in [0.2, 0.25) is 0 Å². The van der Waals surface area contributed by atoms with Crippen LogP contribution in [0.1, 0.15) is 23.7 Å². The maximum Gasteiger partial charge on any atom is 0.258 e. The van der Waals surface area contributed by atoms with Gasteiger partial charge in [-0.2, -0.15) is 0 Å². The summed E-state index contributed by atoms with van der Waals surface area (Å²) < 4.78 is 0.696. The summed E-state index contributed by atoms with van der Waals surface area (Å²) in [5.74, 6) is -0.348. The molecule has 0 aliphatic rings. The Hall–Kier alpha value is -2.25. The Balaban J connectivity index is 1.94. The number of carbonyl (C=O) groups excluding carboxylic acids is 2. The first-order chi connectivity index (χ1) is 11.5. The number of rotatable bonds is 4. The van der Waals surface area contributed by atoms with Gasteiger partial charge in [-0.15, -0.1) is 0 Å². The first kappa shape index (κ1) is 18.1. The monoisotopic (exact) mass is 405 g/mol. The van der Waals surface area contributed by atoms with Crippen molar-refractivity contribution in [2.24, 2.45) is 0 Å². The molecule has 2 aromatic rings. The molecular formula is C17H16BrN3O2S. The highest BCUT2D eigenvalue weighted by molar-refractivity contribution is 9.10. The van der Waals surface area contributed by atoms with E-state index in [4.69, 9.17) is 12.2 Å². The Labute approximate surface area is 154 Å². The molecule has 0 fully saturated rings. The van der Waals surface area contributed by atoms with Gasteiger partial charge in [-0.25, -0.2) is 0 Å². The molecule has 0 heterocycles. The highest BCUT2D eigenvalue weighted by Gasteiger charge is 2.10. The third-order valence-electron chi connectivity index (χ3n) is 3.09. The van der Waals surface area contributed by atoms with Crippen LogP contribution in [0.3, 0.4) is 0 Å². The molecule has 7 heteroatoms. The summed E-state index contributed by atoms with van der Waals surface area (Å²) in [5, 5.41) is 8.50. The first-order valence-corrected chi connectivity index (χ1v) is 8.46. The van der Waals surface area contributed by atoms with E-state index in [1.54, 1.807) is 49.4 Å². The molecule has 0 bridgehead atoms. The van der Waals surface area contributed by atoms with E-state index in [1.807, 2.05) is 6.07 Å². The van der Waals surface area contributed by atoms with Crippen molar-refractivity contribution in [3.8, 4) is 0 Å². The number of amides is 2. The van der Waals surface area contributed by atoms with Gasteiger partial charge in [0.1, 0.15) is 0 Å². The molecule has 3 N–H and O–H groups in total. The van der Waals surface area contributed by atoms with Crippen molar-refractivity contribution in [3.05, 3.63) is 58.6 Å². The van der Waals surface area contributed by atoms with Gasteiger partial charge in [0, 0.05) is 22.3 Å². The Morgan fingerprint density at radius 3 is 2.17 bits per heavy atom.